The van der Waals surface area contributed by atoms with Crippen LogP contribution in [0.3, 0.4) is 0 Å². The van der Waals surface area contributed by atoms with Crippen molar-refractivity contribution >= 4 is 27.7 Å². The number of hydrogen-bond acceptors (Lipinski definition) is 3. The van der Waals surface area contributed by atoms with Gasteiger partial charge in [-0.2, -0.15) is 0 Å². The zero-order chi connectivity index (χ0) is 18.7. The summed E-state index contributed by atoms with van der Waals surface area (Å²) in [6.07, 6.45) is 0.959. The zero-order valence-corrected chi connectivity index (χ0v) is 17.2. The van der Waals surface area contributed by atoms with Crippen molar-refractivity contribution in [2.75, 3.05) is 45.8 Å². The summed E-state index contributed by atoms with van der Waals surface area (Å²) >= 11 is 3.46. The fraction of sp³-hybridized carbons (Fsp3) is 0.600. The van der Waals surface area contributed by atoms with Gasteiger partial charge in [-0.1, -0.05) is 28.1 Å². The molecule has 1 aromatic rings. The van der Waals surface area contributed by atoms with Gasteiger partial charge in [0, 0.05) is 49.7 Å². The van der Waals surface area contributed by atoms with Crippen LogP contribution < -0.4 is 0 Å². The molecule has 6 heteroatoms. The molecule has 1 aliphatic heterocycles. The van der Waals surface area contributed by atoms with Crippen LogP contribution in [0.15, 0.2) is 28.7 Å². The number of rotatable bonds is 6. The van der Waals surface area contributed by atoms with E-state index in [2.05, 4.69) is 33.0 Å². The van der Waals surface area contributed by atoms with Gasteiger partial charge in [0.05, 0.1) is 6.54 Å². The third kappa shape index (κ3) is 4.46. The zero-order valence-electron chi connectivity index (χ0n) is 15.7. The number of halogens is 1. The van der Waals surface area contributed by atoms with Crippen LogP contribution in [-0.2, 0) is 9.59 Å². The first-order chi connectivity index (χ1) is 12.5. The Morgan fingerprint density at radius 3 is 2.27 bits per heavy atom. The van der Waals surface area contributed by atoms with Crippen LogP contribution in [0.25, 0.3) is 0 Å². The fourth-order valence-electron chi connectivity index (χ4n) is 3.77. The fourth-order valence-corrected chi connectivity index (χ4v) is 4.04. The molecular formula is C20H28BrN3O2. The highest BCUT2D eigenvalue weighted by Crippen LogP contribution is 2.48. The Morgan fingerprint density at radius 2 is 1.69 bits per heavy atom. The Bertz CT molecular complexity index is 637. The largest absolute Gasteiger partial charge is 0.342 e. The summed E-state index contributed by atoms with van der Waals surface area (Å²) in [6, 6.07) is 8.30. The number of likely N-dealkylation sites (N-methyl/N-ethyl adjacent to an activating group) is 1. The lowest BCUT2D eigenvalue weighted by atomic mass is 10.1. The lowest BCUT2D eigenvalue weighted by molar-refractivity contribution is -0.136. The molecule has 2 aliphatic rings. The summed E-state index contributed by atoms with van der Waals surface area (Å²) in [4.78, 5) is 31.0. The van der Waals surface area contributed by atoms with Gasteiger partial charge in [0.25, 0.3) is 0 Å². The van der Waals surface area contributed by atoms with E-state index in [1.807, 2.05) is 35.8 Å². The van der Waals surface area contributed by atoms with Crippen molar-refractivity contribution in [2.45, 2.75) is 26.2 Å². The third-order valence-electron chi connectivity index (χ3n) is 5.56. The van der Waals surface area contributed by atoms with E-state index in [9.17, 15) is 9.59 Å². The SMILES string of the molecule is CCN(CC)C(=O)CN1CCN(C(=O)C2CC2c2ccc(Br)cc2)CC1. The van der Waals surface area contributed by atoms with E-state index >= 15 is 0 Å². The van der Waals surface area contributed by atoms with Crippen molar-refractivity contribution in [3.8, 4) is 0 Å². The van der Waals surface area contributed by atoms with Gasteiger partial charge in [-0.3, -0.25) is 14.5 Å². The van der Waals surface area contributed by atoms with E-state index < -0.39 is 0 Å². The van der Waals surface area contributed by atoms with Gasteiger partial charge in [-0.15, -0.1) is 0 Å². The molecule has 5 nitrogen and oxygen atoms in total. The van der Waals surface area contributed by atoms with E-state index in [1.165, 1.54) is 5.56 Å². The van der Waals surface area contributed by atoms with Gasteiger partial charge in [-0.25, -0.2) is 0 Å². The summed E-state index contributed by atoms with van der Waals surface area (Å²) < 4.78 is 1.07. The molecule has 2 fully saturated rings. The average molecular weight is 422 g/mol. The quantitative estimate of drug-likeness (QED) is 0.708. The van der Waals surface area contributed by atoms with Crippen LogP contribution in [0.1, 0.15) is 31.7 Å². The molecule has 3 rings (SSSR count). The lowest BCUT2D eigenvalue weighted by Gasteiger charge is -2.35. The van der Waals surface area contributed by atoms with Gasteiger partial charge in [0.2, 0.25) is 11.8 Å². The number of piperazine rings is 1. The molecule has 142 valence electrons. The normalized spacial score (nSPS) is 23.0. The van der Waals surface area contributed by atoms with Gasteiger partial charge in [0.15, 0.2) is 0 Å². The van der Waals surface area contributed by atoms with Gasteiger partial charge < -0.3 is 9.80 Å². The maximum absolute atomic E-state index is 12.8. The monoisotopic (exact) mass is 421 g/mol. The second kappa shape index (κ2) is 8.53. The second-order valence-corrected chi connectivity index (χ2v) is 8.08. The minimum Gasteiger partial charge on any atom is -0.342 e. The third-order valence-corrected chi connectivity index (χ3v) is 6.09. The van der Waals surface area contributed by atoms with Crippen LogP contribution in [-0.4, -0.2) is 72.3 Å². The van der Waals surface area contributed by atoms with Crippen LogP contribution >= 0.6 is 15.9 Å². The predicted octanol–water partition coefficient (Wildman–Crippen LogP) is 2.57. The highest BCUT2D eigenvalue weighted by Gasteiger charge is 2.46. The van der Waals surface area contributed by atoms with Crippen LogP contribution in [0, 0.1) is 5.92 Å². The van der Waals surface area contributed by atoms with Crippen molar-refractivity contribution in [2.24, 2.45) is 5.92 Å². The first-order valence-electron chi connectivity index (χ1n) is 9.57. The Labute approximate surface area is 164 Å². The maximum atomic E-state index is 12.8. The summed E-state index contributed by atoms with van der Waals surface area (Å²) in [5, 5.41) is 0. The molecule has 26 heavy (non-hydrogen) atoms. The van der Waals surface area contributed by atoms with E-state index in [-0.39, 0.29) is 17.7 Å². The second-order valence-electron chi connectivity index (χ2n) is 7.17. The first kappa shape index (κ1) is 19.4. The van der Waals surface area contributed by atoms with E-state index in [0.717, 1.165) is 50.2 Å². The van der Waals surface area contributed by atoms with E-state index in [4.69, 9.17) is 0 Å². The van der Waals surface area contributed by atoms with Gasteiger partial charge in [-0.05, 0) is 43.9 Å². The van der Waals surface area contributed by atoms with Crippen LogP contribution in [0.2, 0.25) is 0 Å². The van der Waals surface area contributed by atoms with Crippen molar-refractivity contribution in [3.05, 3.63) is 34.3 Å². The molecule has 1 aliphatic carbocycles. The molecule has 0 spiro atoms. The molecule has 0 N–H and O–H groups in total. The molecule has 1 aromatic carbocycles. The predicted molar refractivity (Wildman–Crippen MR) is 106 cm³/mol. The molecule has 0 radical (unpaired) electrons. The molecule has 2 atom stereocenters. The van der Waals surface area contributed by atoms with E-state index in [0.29, 0.717) is 12.5 Å². The number of benzene rings is 1. The van der Waals surface area contributed by atoms with Gasteiger partial charge in [0.1, 0.15) is 0 Å². The number of carbonyl (C=O) groups is 2. The topological polar surface area (TPSA) is 43.9 Å². The standard InChI is InChI=1S/C20H28BrN3O2/c1-3-23(4-2)19(25)14-22-9-11-24(12-10-22)20(26)18-13-17(18)15-5-7-16(21)8-6-15/h5-8,17-18H,3-4,9-14H2,1-2H3. The molecule has 2 unspecified atom stereocenters. The number of amides is 2. The minimum absolute atomic E-state index is 0.139. The molecule has 0 aromatic heterocycles. The minimum atomic E-state index is 0.139. The molecule has 1 saturated heterocycles. The van der Waals surface area contributed by atoms with Crippen molar-refractivity contribution < 1.29 is 9.59 Å². The van der Waals surface area contributed by atoms with Crippen molar-refractivity contribution in [3.63, 3.8) is 0 Å². The molecule has 2 amide bonds. The molecule has 1 saturated carbocycles. The van der Waals surface area contributed by atoms with Crippen molar-refractivity contribution in [1.29, 1.82) is 0 Å². The molecule has 1 heterocycles. The smallest absolute Gasteiger partial charge is 0.236 e. The Balaban J connectivity index is 1.46. The Morgan fingerprint density at radius 1 is 1.08 bits per heavy atom. The van der Waals surface area contributed by atoms with Crippen LogP contribution in [0.5, 0.6) is 0 Å². The number of nitrogens with zero attached hydrogens (tertiary/aromatic N) is 3. The Kier molecular flexibility index (Phi) is 6.35. The van der Waals surface area contributed by atoms with E-state index in [1.54, 1.807) is 0 Å². The maximum Gasteiger partial charge on any atom is 0.236 e. The summed E-state index contributed by atoms with van der Waals surface area (Å²) in [5.74, 6) is 0.984. The molecule has 0 bridgehead atoms. The summed E-state index contributed by atoms with van der Waals surface area (Å²) in [6.45, 7) is 9.03. The summed E-state index contributed by atoms with van der Waals surface area (Å²) in [5.41, 5.74) is 1.26. The highest BCUT2D eigenvalue weighted by molar-refractivity contribution is 9.10. The van der Waals surface area contributed by atoms with Gasteiger partial charge >= 0.3 is 0 Å². The summed E-state index contributed by atoms with van der Waals surface area (Å²) in [7, 11) is 0. The average Bonchev–Trinajstić information content (AvgIpc) is 3.44. The van der Waals surface area contributed by atoms with Crippen molar-refractivity contribution in [1.82, 2.24) is 14.7 Å². The highest BCUT2D eigenvalue weighted by atomic mass is 79.9. The van der Waals surface area contributed by atoms with Crippen LogP contribution in [0.4, 0.5) is 0 Å². The first-order valence-corrected chi connectivity index (χ1v) is 10.4. The molecular weight excluding hydrogens is 394 g/mol. The number of hydrogen-bond donors (Lipinski definition) is 0. The Hall–Kier alpha value is -1.40. The lowest BCUT2D eigenvalue weighted by Crippen LogP contribution is -2.52. The number of carbonyl (C=O) groups excluding carboxylic acids is 2.